The molecule has 0 bridgehead atoms. The third-order valence-corrected chi connectivity index (χ3v) is 2.36. The van der Waals surface area contributed by atoms with Crippen LogP contribution in [0.25, 0.3) is 0 Å². The predicted octanol–water partition coefficient (Wildman–Crippen LogP) is 1.59. The van der Waals surface area contributed by atoms with Gasteiger partial charge in [-0.05, 0) is 38.9 Å². The zero-order valence-corrected chi connectivity index (χ0v) is 10.3. The third-order valence-electron chi connectivity index (χ3n) is 2.36. The highest BCUT2D eigenvalue weighted by Crippen LogP contribution is 2.07. The van der Waals surface area contributed by atoms with Gasteiger partial charge in [0.25, 0.3) is 0 Å². The van der Waals surface area contributed by atoms with Gasteiger partial charge in [-0.2, -0.15) is 0 Å². The van der Waals surface area contributed by atoms with Crippen molar-refractivity contribution in [3.8, 4) is 0 Å². The Bertz CT molecular complexity index is 238. The van der Waals surface area contributed by atoms with Gasteiger partial charge in [-0.1, -0.05) is 13.3 Å². The van der Waals surface area contributed by atoms with E-state index in [0.29, 0.717) is 12.2 Å². The molecule has 2 N–H and O–H groups in total. The first-order chi connectivity index (χ1) is 8.06. The quantitative estimate of drug-likeness (QED) is 0.733. The topological polar surface area (TPSA) is 77.8 Å². The number of nitrogens with zero attached hydrogens (tertiary/aromatic N) is 1. The first-order valence-electron chi connectivity index (χ1n) is 5.92. The molecule has 98 valence electrons. The van der Waals surface area contributed by atoms with Crippen molar-refractivity contribution in [1.29, 1.82) is 0 Å². The minimum absolute atomic E-state index is 0.558. The van der Waals surface area contributed by atoms with Crippen LogP contribution >= 0.6 is 0 Å². The van der Waals surface area contributed by atoms with E-state index in [0.717, 1.165) is 0 Å². The van der Waals surface area contributed by atoms with Crippen LogP contribution in [-0.4, -0.2) is 46.7 Å². The van der Waals surface area contributed by atoms with Crippen LogP contribution in [0.5, 0.6) is 0 Å². The fraction of sp³-hybridized carbons (Fsp3) is 0.667. The van der Waals surface area contributed by atoms with Gasteiger partial charge in [-0.15, -0.1) is 0 Å². The second-order valence-electron chi connectivity index (χ2n) is 3.91. The van der Waals surface area contributed by atoms with E-state index >= 15 is 0 Å². The maximum Gasteiger partial charge on any atom is 0.328 e. The molecule has 1 aliphatic heterocycles. The number of carboxylic acids is 2. The Hall–Kier alpha value is -1.36. The van der Waals surface area contributed by atoms with E-state index in [9.17, 15) is 9.59 Å². The lowest BCUT2D eigenvalue weighted by atomic mass is 10.1. The number of carbonyl (C=O) groups is 2. The lowest BCUT2D eigenvalue weighted by Crippen LogP contribution is -2.30. The number of likely N-dealkylation sites (tertiary alicyclic amines) is 1. The highest BCUT2D eigenvalue weighted by Gasteiger charge is 2.07. The normalized spacial score (nSPS) is 16.3. The summed E-state index contributed by atoms with van der Waals surface area (Å²) < 4.78 is 0. The highest BCUT2D eigenvalue weighted by molar-refractivity contribution is 5.89. The van der Waals surface area contributed by atoms with Gasteiger partial charge in [0.05, 0.1) is 0 Å². The fourth-order valence-electron chi connectivity index (χ4n) is 1.64. The molecule has 0 spiro atoms. The Morgan fingerprint density at radius 1 is 1.06 bits per heavy atom. The predicted molar refractivity (Wildman–Crippen MR) is 65.0 cm³/mol. The van der Waals surface area contributed by atoms with E-state index in [-0.39, 0.29) is 0 Å². The average molecular weight is 243 g/mol. The number of piperidine rings is 1. The molecule has 0 saturated carbocycles. The molecule has 1 saturated heterocycles. The van der Waals surface area contributed by atoms with Gasteiger partial charge in [-0.3, -0.25) is 0 Å². The van der Waals surface area contributed by atoms with Crippen LogP contribution in [0.4, 0.5) is 0 Å². The first kappa shape index (κ1) is 15.6. The monoisotopic (exact) mass is 243 g/mol. The summed E-state index contributed by atoms with van der Waals surface area (Å²) in [4.78, 5) is 21.7. The van der Waals surface area contributed by atoms with Crippen molar-refractivity contribution in [2.24, 2.45) is 0 Å². The smallest absolute Gasteiger partial charge is 0.328 e. The van der Waals surface area contributed by atoms with Gasteiger partial charge in [0, 0.05) is 12.2 Å². The van der Waals surface area contributed by atoms with Crippen molar-refractivity contribution >= 4 is 11.9 Å². The molecule has 0 atom stereocenters. The van der Waals surface area contributed by atoms with Crippen molar-refractivity contribution in [2.45, 2.75) is 32.6 Å². The number of rotatable bonds is 4. The summed E-state index contributed by atoms with van der Waals surface area (Å²) >= 11 is 0. The highest BCUT2D eigenvalue weighted by atomic mass is 16.4. The Morgan fingerprint density at radius 3 is 1.88 bits per heavy atom. The standard InChI is InChI=1S/C8H17N.C4H4O4/c1-2-6-9-7-4-3-5-8-9;5-3(6)1-2-4(7)8/h2-8H2,1H3;1-2H,(H,5,6)(H,7,8). The molecule has 1 aliphatic rings. The molecular formula is C12H21NO4. The summed E-state index contributed by atoms with van der Waals surface area (Å²) in [6.07, 6.45) is 6.75. The maximum absolute atomic E-state index is 9.55. The van der Waals surface area contributed by atoms with Gasteiger partial charge in [0.15, 0.2) is 0 Å². The molecule has 17 heavy (non-hydrogen) atoms. The van der Waals surface area contributed by atoms with Crippen LogP contribution in [0.3, 0.4) is 0 Å². The molecule has 5 heteroatoms. The average Bonchev–Trinajstić information content (AvgIpc) is 2.29. The van der Waals surface area contributed by atoms with Crippen LogP contribution in [0.2, 0.25) is 0 Å². The zero-order chi connectivity index (χ0) is 13.1. The van der Waals surface area contributed by atoms with Gasteiger partial charge >= 0.3 is 11.9 Å². The Balaban J connectivity index is 0.000000304. The van der Waals surface area contributed by atoms with Crippen molar-refractivity contribution < 1.29 is 19.8 Å². The van der Waals surface area contributed by atoms with E-state index in [1.54, 1.807) is 0 Å². The SMILES string of the molecule is CCCN1CCCCC1.O=C(O)C=CC(=O)O. The maximum atomic E-state index is 9.55. The van der Waals surface area contributed by atoms with E-state index < -0.39 is 11.9 Å². The second kappa shape index (κ2) is 9.84. The fourth-order valence-corrected chi connectivity index (χ4v) is 1.64. The van der Waals surface area contributed by atoms with E-state index in [1.165, 1.54) is 45.3 Å². The molecule has 0 unspecified atom stereocenters. The number of hydrogen-bond acceptors (Lipinski definition) is 3. The van der Waals surface area contributed by atoms with Crippen molar-refractivity contribution in [3.63, 3.8) is 0 Å². The van der Waals surface area contributed by atoms with Gasteiger partial charge in [0.2, 0.25) is 0 Å². The summed E-state index contributed by atoms with van der Waals surface area (Å²) in [7, 11) is 0. The Labute approximate surface area is 102 Å². The molecule has 5 nitrogen and oxygen atoms in total. The van der Waals surface area contributed by atoms with E-state index in [2.05, 4.69) is 11.8 Å². The summed E-state index contributed by atoms with van der Waals surface area (Å²) in [5.74, 6) is -2.51. The Kier molecular flexibility index (Phi) is 9.05. The largest absolute Gasteiger partial charge is 0.478 e. The Morgan fingerprint density at radius 2 is 1.53 bits per heavy atom. The molecule has 0 aliphatic carbocycles. The zero-order valence-electron chi connectivity index (χ0n) is 10.3. The van der Waals surface area contributed by atoms with Crippen LogP contribution in [0, 0.1) is 0 Å². The molecule has 1 fully saturated rings. The lowest BCUT2D eigenvalue weighted by molar-refractivity contribution is -0.134. The molecule has 0 aromatic rings. The molecular weight excluding hydrogens is 222 g/mol. The number of aliphatic carboxylic acids is 2. The van der Waals surface area contributed by atoms with Crippen LogP contribution in [0.1, 0.15) is 32.6 Å². The summed E-state index contributed by atoms with van der Waals surface area (Å²) in [6.45, 7) is 6.29. The van der Waals surface area contributed by atoms with Crippen molar-refractivity contribution in [3.05, 3.63) is 12.2 Å². The molecule has 0 amide bonds. The van der Waals surface area contributed by atoms with Crippen molar-refractivity contribution in [2.75, 3.05) is 19.6 Å². The van der Waals surface area contributed by atoms with E-state index in [4.69, 9.17) is 10.2 Å². The van der Waals surface area contributed by atoms with Crippen LogP contribution < -0.4 is 0 Å². The van der Waals surface area contributed by atoms with Crippen molar-refractivity contribution in [1.82, 2.24) is 4.90 Å². The molecule has 0 aromatic heterocycles. The minimum atomic E-state index is -1.26. The molecule has 1 heterocycles. The van der Waals surface area contributed by atoms with Crippen LogP contribution in [-0.2, 0) is 9.59 Å². The first-order valence-corrected chi connectivity index (χ1v) is 5.92. The van der Waals surface area contributed by atoms with E-state index in [1.807, 2.05) is 0 Å². The lowest BCUT2D eigenvalue weighted by Gasteiger charge is -2.25. The van der Waals surface area contributed by atoms with Gasteiger partial charge in [-0.25, -0.2) is 9.59 Å². The molecule has 0 aromatic carbocycles. The minimum Gasteiger partial charge on any atom is -0.478 e. The summed E-state index contributed by atoms with van der Waals surface area (Å²) in [5.41, 5.74) is 0. The third kappa shape index (κ3) is 10.9. The molecule has 0 radical (unpaired) electrons. The van der Waals surface area contributed by atoms with Gasteiger partial charge in [0.1, 0.15) is 0 Å². The van der Waals surface area contributed by atoms with Gasteiger partial charge < -0.3 is 15.1 Å². The molecule has 1 rings (SSSR count). The second-order valence-corrected chi connectivity index (χ2v) is 3.91. The number of hydrogen-bond donors (Lipinski definition) is 2. The summed E-state index contributed by atoms with van der Waals surface area (Å²) in [5, 5.41) is 15.6. The van der Waals surface area contributed by atoms with Crippen LogP contribution in [0.15, 0.2) is 12.2 Å². The number of carboxylic acid groups (broad SMARTS) is 2. The summed E-state index contributed by atoms with van der Waals surface area (Å²) in [6, 6.07) is 0.